The second-order valence-corrected chi connectivity index (χ2v) is 8.16. The summed E-state index contributed by atoms with van der Waals surface area (Å²) in [5, 5.41) is 0. The summed E-state index contributed by atoms with van der Waals surface area (Å²) in [7, 11) is 1.19. The molecule has 1 unspecified atom stereocenters. The number of amides is 1. The number of carbonyl (C=O) groups is 2. The summed E-state index contributed by atoms with van der Waals surface area (Å²) < 4.78 is 20.1. The monoisotopic (exact) mass is 410 g/mol. The Bertz CT molecular complexity index is 971. The fourth-order valence-corrected chi connectivity index (χ4v) is 4.50. The number of aryl methyl sites for hydroxylation is 1. The summed E-state index contributed by atoms with van der Waals surface area (Å²) in [6.45, 7) is 4.12. The Balaban J connectivity index is 1.66. The molecule has 0 spiro atoms. The zero-order valence-corrected chi connectivity index (χ0v) is 17.5. The van der Waals surface area contributed by atoms with Crippen LogP contribution in [-0.2, 0) is 16.0 Å². The van der Waals surface area contributed by atoms with E-state index in [0.717, 1.165) is 24.3 Å². The Morgan fingerprint density at radius 3 is 2.50 bits per heavy atom. The third-order valence-electron chi connectivity index (χ3n) is 6.19. The lowest BCUT2D eigenvalue weighted by molar-refractivity contribution is -0.155. The number of esters is 1. The molecule has 0 bridgehead atoms. The highest BCUT2D eigenvalue weighted by atomic mass is 19.1. The number of hydrogen-bond donors (Lipinski definition) is 0. The molecule has 0 aromatic heterocycles. The third kappa shape index (κ3) is 3.66. The maximum Gasteiger partial charge on any atom is 0.344 e. The molecule has 2 aromatic rings. The van der Waals surface area contributed by atoms with E-state index in [-0.39, 0.29) is 25.3 Å². The standard InChI is InChI=1S/C24H27FN2O3/c1-17-15-19(26-12-5-6-13-26)9-10-20(17)22(28)27-14-11-24(25,23(29)30-2)16-18-7-3-4-8-21(18)27/h3-4,7-10,15H,5-6,11-14,16H2,1-2H3. The van der Waals surface area contributed by atoms with Crippen LogP contribution >= 0.6 is 0 Å². The Labute approximate surface area is 176 Å². The van der Waals surface area contributed by atoms with Gasteiger partial charge in [0.25, 0.3) is 5.91 Å². The molecule has 30 heavy (non-hydrogen) atoms. The highest BCUT2D eigenvalue weighted by Gasteiger charge is 2.43. The van der Waals surface area contributed by atoms with Crippen molar-refractivity contribution in [3.05, 3.63) is 59.2 Å². The van der Waals surface area contributed by atoms with Gasteiger partial charge in [-0.1, -0.05) is 18.2 Å². The predicted molar refractivity (Wildman–Crippen MR) is 115 cm³/mol. The molecule has 6 heteroatoms. The summed E-state index contributed by atoms with van der Waals surface area (Å²) in [5.41, 5.74) is 1.75. The van der Waals surface area contributed by atoms with Gasteiger partial charge in [-0.3, -0.25) is 4.79 Å². The number of halogens is 1. The molecule has 1 fully saturated rings. The molecule has 2 aliphatic heterocycles. The van der Waals surface area contributed by atoms with Crippen molar-refractivity contribution < 1.29 is 18.7 Å². The van der Waals surface area contributed by atoms with Crippen molar-refractivity contribution >= 4 is 23.3 Å². The smallest absolute Gasteiger partial charge is 0.344 e. The molecule has 158 valence electrons. The number of anilines is 2. The van der Waals surface area contributed by atoms with E-state index in [1.54, 1.807) is 17.0 Å². The zero-order valence-electron chi connectivity index (χ0n) is 17.5. The largest absolute Gasteiger partial charge is 0.467 e. The lowest BCUT2D eigenvalue weighted by Crippen LogP contribution is -2.40. The van der Waals surface area contributed by atoms with Crippen molar-refractivity contribution in [2.45, 2.75) is 38.3 Å². The van der Waals surface area contributed by atoms with Crippen molar-refractivity contribution in [3.8, 4) is 0 Å². The number of fused-ring (bicyclic) bond motifs is 1. The molecule has 1 saturated heterocycles. The summed E-state index contributed by atoms with van der Waals surface area (Å²) >= 11 is 0. The average Bonchev–Trinajstić information content (AvgIpc) is 3.23. The third-order valence-corrected chi connectivity index (χ3v) is 6.19. The maximum atomic E-state index is 15.4. The van der Waals surface area contributed by atoms with Gasteiger partial charge in [-0.2, -0.15) is 0 Å². The van der Waals surface area contributed by atoms with Crippen molar-refractivity contribution in [3.63, 3.8) is 0 Å². The SMILES string of the molecule is COC(=O)C1(F)CCN(C(=O)c2ccc(N3CCCC3)cc2C)c2ccccc2C1. The number of methoxy groups -OCH3 is 1. The Kier molecular flexibility index (Phi) is 5.50. The second kappa shape index (κ2) is 8.09. The van der Waals surface area contributed by atoms with E-state index in [0.29, 0.717) is 16.8 Å². The van der Waals surface area contributed by atoms with Crippen LogP contribution in [-0.4, -0.2) is 44.3 Å². The quantitative estimate of drug-likeness (QED) is 0.716. The van der Waals surface area contributed by atoms with E-state index in [9.17, 15) is 9.59 Å². The van der Waals surface area contributed by atoms with Gasteiger partial charge in [0.05, 0.1) is 7.11 Å². The van der Waals surface area contributed by atoms with Gasteiger partial charge in [0, 0.05) is 49.4 Å². The highest BCUT2D eigenvalue weighted by molar-refractivity contribution is 6.08. The van der Waals surface area contributed by atoms with Gasteiger partial charge in [0.2, 0.25) is 5.67 Å². The first-order valence-electron chi connectivity index (χ1n) is 10.5. The molecule has 2 heterocycles. The van der Waals surface area contributed by atoms with Crippen LogP contribution in [0.3, 0.4) is 0 Å². The van der Waals surface area contributed by atoms with Crippen LogP contribution in [0.5, 0.6) is 0 Å². The van der Waals surface area contributed by atoms with Crippen molar-refractivity contribution in [1.82, 2.24) is 0 Å². The summed E-state index contributed by atoms with van der Waals surface area (Å²) in [4.78, 5) is 29.5. The fraction of sp³-hybridized carbons (Fsp3) is 0.417. The first kappa shape index (κ1) is 20.4. The van der Waals surface area contributed by atoms with Crippen molar-refractivity contribution in [2.75, 3.05) is 36.5 Å². The van der Waals surface area contributed by atoms with E-state index in [4.69, 9.17) is 4.74 Å². The van der Waals surface area contributed by atoms with E-state index < -0.39 is 11.6 Å². The number of para-hydroxylation sites is 1. The fourth-order valence-electron chi connectivity index (χ4n) is 4.50. The number of nitrogens with zero attached hydrogens (tertiary/aromatic N) is 2. The summed E-state index contributed by atoms with van der Waals surface area (Å²) in [6.07, 6.45) is 2.17. The van der Waals surface area contributed by atoms with E-state index in [1.165, 1.54) is 20.0 Å². The van der Waals surface area contributed by atoms with Gasteiger partial charge < -0.3 is 14.5 Å². The van der Waals surface area contributed by atoms with E-state index >= 15 is 4.39 Å². The Morgan fingerprint density at radius 1 is 1.07 bits per heavy atom. The minimum Gasteiger partial charge on any atom is -0.467 e. The molecular formula is C24H27FN2O3. The molecule has 4 rings (SSSR count). The number of alkyl halides is 1. The van der Waals surface area contributed by atoms with Gasteiger partial charge >= 0.3 is 5.97 Å². The minimum atomic E-state index is -2.14. The van der Waals surface area contributed by atoms with E-state index in [2.05, 4.69) is 11.0 Å². The molecule has 0 N–H and O–H groups in total. The molecular weight excluding hydrogens is 383 g/mol. The maximum absolute atomic E-state index is 15.4. The summed E-state index contributed by atoms with van der Waals surface area (Å²) in [5.74, 6) is -1.07. The lowest BCUT2D eigenvalue weighted by Gasteiger charge is -2.25. The topological polar surface area (TPSA) is 49.9 Å². The average molecular weight is 410 g/mol. The molecule has 5 nitrogen and oxygen atoms in total. The Hall–Kier alpha value is -2.89. The predicted octanol–water partition coefficient (Wildman–Crippen LogP) is 4.07. The van der Waals surface area contributed by atoms with Gasteiger partial charge in [0.1, 0.15) is 0 Å². The van der Waals surface area contributed by atoms with Gasteiger partial charge in [-0.25, -0.2) is 9.18 Å². The second-order valence-electron chi connectivity index (χ2n) is 8.16. The summed E-state index contributed by atoms with van der Waals surface area (Å²) in [6, 6.07) is 13.1. The molecule has 2 aromatic carbocycles. The van der Waals surface area contributed by atoms with Gasteiger partial charge in [-0.05, 0) is 55.2 Å². The first-order chi connectivity index (χ1) is 14.4. The number of ether oxygens (including phenoxy) is 1. The first-order valence-corrected chi connectivity index (χ1v) is 10.5. The molecule has 1 amide bonds. The number of carbonyl (C=O) groups excluding carboxylic acids is 2. The van der Waals surface area contributed by atoms with Crippen LogP contribution in [0.2, 0.25) is 0 Å². The minimum absolute atomic E-state index is 0.105. The van der Waals surface area contributed by atoms with Crippen LogP contribution < -0.4 is 9.80 Å². The van der Waals surface area contributed by atoms with Crippen LogP contribution in [0.25, 0.3) is 0 Å². The lowest BCUT2D eigenvalue weighted by atomic mass is 9.94. The van der Waals surface area contributed by atoms with Crippen molar-refractivity contribution in [1.29, 1.82) is 0 Å². The molecule has 0 saturated carbocycles. The Morgan fingerprint density at radius 2 is 1.80 bits per heavy atom. The van der Waals surface area contributed by atoms with E-state index in [1.807, 2.05) is 31.2 Å². The molecule has 0 aliphatic carbocycles. The normalized spacial score (nSPS) is 21.2. The van der Waals surface area contributed by atoms with Crippen molar-refractivity contribution in [2.24, 2.45) is 0 Å². The molecule has 2 aliphatic rings. The van der Waals surface area contributed by atoms with Crippen LogP contribution in [0.15, 0.2) is 42.5 Å². The van der Waals surface area contributed by atoms with Crippen LogP contribution in [0.4, 0.5) is 15.8 Å². The number of benzene rings is 2. The van der Waals surface area contributed by atoms with Gasteiger partial charge in [0.15, 0.2) is 0 Å². The van der Waals surface area contributed by atoms with Gasteiger partial charge in [-0.15, -0.1) is 0 Å². The molecule has 0 radical (unpaired) electrons. The molecule has 1 atom stereocenters. The van der Waals surface area contributed by atoms with Crippen LogP contribution in [0.1, 0.15) is 40.7 Å². The van der Waals surface area contributed by atoms with Crippen LogP contribution in [0, 0.1) is 6.92 Å². The zero-order chi connectivity index (χ0) is 21.3. The number of hydrogen-bond acceptors (Lipinski definition) is 4. The number of rotatable bonds is 3. The highest BCUT2D eigenvalue weighted by Crippen LogP contribution is 2.35.